The summed E-state index contributed by atoms with van der Waals surface area (Å²) in [6.07, 6.45) is 4.43. The van der Waals surface area contributed by atoms with Gasteiger partial charge in [0.05, 0.1) is 11.4 Å². The van der Waals surface area contributed by atoms with Crippen molar-refractivity contribution in [1.82, 2.24) is 24.5 Å². The summed E-state index contributed by atoms with van der Waals surface area (Å²) in [7, 11) is 0. The van der Waals surface area contributed by atoms with E-state index in [4.69, 9.17) is 5.73 Å². The van der Waals surface area contributed by atoms with Gasteiger partial charge in [-0.25, -0.2) is 19.9 Å². The largest absolute Gasteiger partial charge is 0.366 e. The number of hydrogen-bond acceptors (Lipinski definition) is 9. The normalized spacial score (nSPS) is 10.8. The molecule has 0 aliphatic heterocycles. The van der Waals surface area contributed by atoms with Crippen LogP contribution in [0.4, 0.5) is 5.13 Å². The fourth-order valence-corrected chi connectivity index (χ4v) is 3.91. The van der Waals surface area contributed by atoms with Gasteiger partial charge in [0.1, 0.15) is 0 Å². The monoisotopic (exact) mass is 439 g/mol. The Balaban J connectivity index is 1.71. The second-order valence-corrected chi connectivity index (χ2v) is 7.69. The molecule has 150 valence electrons. The molecule has 30 heavy (non-hydrogen) atoms. The molecule has 3 heterocycles. The highest BCUT2D eigenvalue weighted by Gasteiger charge is 2.17. The lowest BCUT2D eigenvalue weighted by Gasteiger charge is -2.12. The van der Waals surface area contributed by atoms with Crippen LogP contribution in [0.3, 0.4) is 0 Å². The predicted molar refractivity (Wildman–Crippen MR) is 113 cm³/mol. The number of carbonyl (C=O) groups excluding carboxylic acids is 2. The molecular formula is C18H13N7O3S2. The second-order valence-electron chi connectivity index (χ2n) is 5.85. The van der Waals surface area contributed by atoms with Gasteiger partial charge in [-0.3, -0.25) is 19.0 Å². The van der Waals surface area contributed by atoms with Gasteiger partial charge < -0.3 is 11.1 Å². The van der Waals surface area contributed by atoms with Gasteiger partial charge >= 0.3 is 0 Å². The van der Waals surface area contributed by atoms with E-state index in [9.17, 15) is 14.4 Å². The molecule has 0 bridgehead atoms. The summed E-state index contributed by atoms with van der Waals surface area (Å²) in [5.74, 6) is -0.874. The van der Waals surface area contributed by atoms with Crippen molar-refractivity contribution < 1.29 is 9.59 Å². The van der Waals surface area contributed by atoms with E-state index in [1.807, 2.05) is 0 Å². The zero-order valence-corrected chi connectivity index (χ0v) is 16.8. The molecular weight excluding hydrogens is 426 g/mol. The van der Waals surface area contributed by atoms with Crippen molar-refractivity contribution in [3.8, 4) is 5.69 Å². The molecule has 1 aromatic carbocycles. The molecule has 4 rings (SSSR count). The fraction of sp³-hybridized carbons (Fsp3) is 0.0556. The number of aromatic nitrogens is 5. The van der Waals surface area contributed by atoms with E-state index in [0.717, 1.165) is 11.8 Å². The molecule has 10 nitrogen and oxygen atoms in total. The van der Waals surface area contributed by atoms with Gasteiger partial charge in [-0.2, -0.15) is 0 Å². The molecule has 0 radical (unpaired) electrons. The first kappa shape index (κ1) is 19.7. The van der Waals surface area contributed by atoms with Crippen LogP contribution in [-0.2, 0) is 4.79 Å². The number of fused-ring (bicyclic) bond motifs is 1. The lowest BCUT2D eigenvalue weighted by atomic mass is 10.2. The first-order valence-corrected chi connectivity index (χ1v) is 10.4. The van der Waals surface area contributed by atoms with Gasteiger partial charge in [-0.05, 0) is 24.3 Å². The van der Waals surface area contributed by atoms with Crippen LogP contribution in [0.15, 0.2) is 58.2 Å². The number of amides is 2. The average molecular weight is 439 g/mol. The Morgan fingerprint density at radius 3 is 2.57 bits per heavy atom. The molecule has 0 aliphatic rings. The number of nitrogens with one attached hydrogen (secondary N) is 1. The summed E-state index contributed by atoms with van der Waals surface area (Å²) in [6, 6.07) is 6.17. The van der Waals surface area contributed by atoms with Crippen LogP contribution in [0, 0.1) is 0 Å². The van der Waals surface area contributed by atoms with Crippen molar-refractivity contribution in [2.24, 2.45) is 5.73 Å². The molecule has 0 aliphatic carbocycles. The Hall–Kier alpha value is -3.64. The smallest absolute Gasteiger partial charge is 0.286 e. The van der Waals surface area contributed by atoms with Crippen molar-refractivity contribution >= 4 is 51.2 Å². The number of carbonyl (C=O) groups is 2. The first-order chi connectivity index (χ1) is 14.5. The van der Waals surface area contributed by atoms with Gasteiger partial charge in [-0.1, -0.05) is 11.8 Å². The standard InChI is InChI=1S/C18H13N7O3S2/c19-14(27)10-1-3-11(4-2-10)25-16(28)13-15(21-6-5-20-13)24-18(25)30-9-12(26)23-17-22-7-8-29-17/h1-8H,9H2,(H2,19,27)(H,22,23,26). The predicted octanol–water partition coefficient (Wildman–Crippen LogP) is 1.46. The van der Waals surface area contributed by atoms with E-state index < -0.39 is 11.5 Å². The van der Waals surface area contributed by atoms with Gasteiger partial charge in [0, 0.05) is 29.5 Å². The lowest BCUT2D eigenvalue weighted by molar-refractivity contribution is -0.113. The van der Waals surface area contributed by atoms with E-state index in [2.05, 4.69) is 25.3 Å². The summed E-state index contributed by atoms with van der Waals surface area (Å²) in [4.78, 5) is 53.2. The van der Waals surface area contributed by atoms with Crippen molar-refractivity contribution in [2.45, 2.75) is 5.16 Å². The maximum absolute atomic E-state index is 13.1. The Bertz CT molecular complexity index is 1290. The Morgan fingerprint density at radius 2 is 1.87 bits per heavy atom. The third-order valence-electron chi connectivity index (χ3n) is 3.90. The molecule has 0 saturated carbocycles. The fourth-order valence-electron chi connectivity index (χ4n) is 2.57. The number of anilines is 1. The van der Waals surface area contributed by atoms with Crippen LogP contribution < -0.4 is 16.6 Å². The average Bonchev–Trinajstić information content (AvgIpc) is 3.25. The Labute approximate surface area is 177 Å². The zero-order chi connectivity index (χ0) is 21.1. The molecule has 2 amide bonds. The van der Waals surface area contributed by atoms with Crippen LogP contribution in [0.5, 0.6) is 0 Å². The molecule has 4 aromatic rings. The van der Waals surface area contributed by atoms with Crippen molar-refractivity contribution in [3.63, 3.8) is 0 Å². The van der Waals surface area contributed by atoms with Gasteiger partial charge in [0.25, 0.3) is 5.56 Å². The second kappa shape index (κ2) is 8.39. The van der Waals surface area contributed by atoms with Crippen molar-refractivity contribution in [1.29, 1.82) is 0 Å². The minimum Gasteiger partial charge on any atom is -0.366 e. The summed E-state index contributed by atoms with van der Waals surface area (Å²) < 4.78 is 1.32. The summed E-state index contributed by atoms with van der Waals surface area (Å²) in [6.45, 7) is 0. The third-order valence-corrected chi connectivity index (χ3v) is 5.53. The Morgan fingerprint density at radius 1 is 1.10 bits per heavy atom. The number of hydrogen-bond donors (Lipinski definition) is 2. The van der Waals surface area contributed by atoms with Crippen LogP contribution >= 0.6 is 23.1 Å². The highest BCUT2D eigenvalue weighted by Crippen LogP contribution is 2.21. The maximum Gasteiger partial charge on any atom is 0.286 e. The SMILES string of the molecule is NC(=O)c1ccc(-n2c(SCC(=O)Nc3nccs3)nc3nccnc3c2=O)cc1. The minimum atomic E-state index is -0.579. The highest BCUT2D eigenvalue weighted by molar-refractivity contribution is 7.99. The molecule has 0 spiro atoms. The minimum absolute atomic E-state index is 0.00282. The topological polar surface area (TPSA) is 146 Å². The molecule has 0 saturated heterocycles. The summed E-state index contributed by atoms with van der Waals surface area (Å²) in [5, 5.41) is 5.17. The van der Waals surface area contributed by atoms with E-state index in [1.165, 1.54) is 40.4 Å². The molecule has 3 N–H and O–H groups in total. The van der Waals surface area contributed by atoms with Crippen LogP contribution in [0.25, 0.3) is 16.9 Å². The number of rotatable bonds is 6. The van der Waals surface area contributed by atoms with E-state index in [0.29, 0.717) is 16.4 Å². The number of benzene rings is 1. The summed E-state index contributed by atoms with van der Waals surface area (Å²) >= 11 is 2.37. The van der Waals surface area contributed by atoms with Crippen LogP contribution in [0.2, 0.25) is 0 Å². The number of nitrogens with two attached hydrogens (primary N) is 1. The van der Waals surface area contributed by atoms with Gasteiger partial charge in [0.2, 0.25) is 11.8 Å². The van der Waals surface area contributed by atoms with Crippen LogP contribution in [0.1, 0.15) is 10.4 Å². The molecule has 12 heteroatoms. The highest BCUT2D eigenvalue weighted by atomic mass is 32.2. The van der Waals surface area contributed by atoms with E-state index in [-0.39, 0.29) is 28.0 Å². The number of primary amides is 1. The lowest BCUT2D eigenvalue weighted by Crippen LogP contribution is -2.24. The Kier molecular flexibility index (Phi) is 5.50. The number of thioether (sulfide) groups is 1. The summed E-state index contributed by atoms with van der Waals surface area (Å²) in [5.41, 5.74) is 5.86. The maximum atomic E-state index is 13.1. The van der Waals surface area contributed by atoms with Crippen molar-refractivity contribution in [2.75, 3.05) is 11.1 Å². The van der Waals surface area contributed by atoms with Crippen LogP contribution in [-0.4, -0.2) is 42.1 Å². The number of nitrogens with zero attached hydrogens (tertiary/aromatic N) is 5. The molecule has 0 fully saturated rings. The molecule has 0 unspecified atom stereocenters. The van der Waals surface area contributed by atoms with Crippen molar-refractivity contribution in [3.05, 3.63) is 64.2 Å². The van der Waals surface area contributed by atoms with Gasteiger partial charge in [-0.15, -0.1) is 11.3 Å². The van der Waals surface area contributed by atoms with E-state index in [1.54, 1.807) is 23.7 Å². The molecule has 3 aromatic heterocycles. The van der Waals surface area contributed by atoms with Gasteiger partial charge in [0.15, 0.2) is 21.5 Å². The third kappa shape index (κ3) is 4.04. The molecule has 0 atom stereocenters. The quantitative estimate of drug-likeness (QED) is 0.339. The number of thiazole rings is 1. The van der Waals surface area contributed by atoms with E-state index >= 15 is 0 Å². The first-order valence-electron chi connectivity index (χ1n) is 8.49. The zero-order valence-electron chi connectivity index (χ0n) is 15.2.